The van der Waals surface area contributed by atoms with Gasteiger partial charge in [0.25, 0.3) is 0 Å². The molecule has 0 saturated carbocycles. The molecular weight excluding hydrogens is 202 g/mol. The summed E-state index contributed by atoms with van der Waals surface area (Å²) in [6, 6.07) is 4.82. The molecular formula is C13H23NO2. The van der Waals surface area contributed by atoms with Crippen LogP contribution in [0, 0.1) is 6.92 Å². The van der Waals surface area contributed by atoms with Gasteiger partial charge in [0.05, 0.1) is 0 Å². The molecule has 92 valence electrons. The number of nitrogens with one attached hydrogen (secondary N) is 1. The van der Waals surface area contributed by atoms with E-state index in [9.17, 15) is 4.79 Å². The lowest BCUT2D eigenvalue weighted by atomic mass is 10.2. The number of benzene rings is 1. The van der Waals surface area contributed by atoms with Crippen LogP contribution in [-0.2, 0) is 4.79 Å². The average molecular weight is 225 g/mol. The van der Waals surface area contributed by atoms with Gasteiger partial charge in [0.1, 0.15) is 5.75 Å². The van der Waals surface area contributed by atoms with Crippen LogP contribution in [0.2, 0.25) is 0 Å². The Balaban J connectivity index is 0. The molecule has 0 atom stereocenters. The Kier molecular flexibility index (Phi) is 10.6. The second kappa shape index (κ2) is 10.0. The van der Waals surface area contributed by atoms with Crippen LogP contribution in [0.1, 0.15) is 40.2 Å². The predicted molar refractivity (Wildman–Crippen MR) is 69.8 cm³/mol. The van der Waals surface area contributed by atoms with Crippen molar-refractivity contribution < 1.29 is 9.90 Å². The van der Waals surface area contributed by atoms with Crippen LogP contribution in [0.25, 0.3) is 0 Å². The van der Waals surface area contributed by atoms with Gasteiger partial charge in [-0.3, -0.25) is 4.79 Å². The summed E-state index contributed by atoms with van der Waals surface area (Å²) in [6.45, 7) is 11.3. The van der Waals surface area contributed by atoms with Crippen molar-refractivity contribution in [3.63, 3.8) is 0 Å². The van der Waals surface area contributed by atoms with Gasteiger partial charge in [0.15, 0.2) is 0 Å². The van der Waals surface area contributed by atoms with Gasteiger partial charge in [-0.2, -0.15) is 0 Å². The van der Waals surface area contributed by atoms with E-state index in [0.717, 1.165) is 11.3 Å². The summed E-state index contributed by atoms with van der Waals surface area (Å²) in [5.74, 6) is 0.102. The highest BCUT2D eigenvalue weighted by Crippen LogP contribution is 2.19. The zero-order valence-corrected chi connectivity index (χ0v) is 11.1. The maximum Gasteiger partial charge on any atom is 0.221 e. The SMILES string of the molecule is CC.CC.CC(=O)Nc1ccc(O)cc1C. The highest BCUT2D eigenvalue weighted by Gasteiger charge is 1.99. The molecule has 2 N–H and O–H groups in total. The van der Waals surface area contributed by atoms with E-state index in [-0.39, 0.29) is 11.7 Å². The van der Waals surface area contributed by atoms with E-state index in [4.69, 9.17) is 5.11 Å². The van der Waals surface area contributed by atoms with Gasteiger partial charge < -0.3 is 10.4 Å². The zero-order valence-electron chi connectivity index (χ0n) is 11.1. The number of aromatic hydroxyl groups is 1. The van der Waals surface area contributed by atoms with E-state index in [1.54, 1.807) is 12.1 Å². The number of aryl methyl sites for hydroxylation is 1. The van der Waals surface area contributed by atoms with Crippen molar-refractivity contribution in [2.45, 2.75) is 41.5 Å². The standard InChI is InChI=1S/C9H11NO2.2C2H6/c1-6-5-8(12)3-4-9(6)10-7(2)11;2*1-2/h3-5,12H,1-2H3,(H,10,11);2*1-2H3. The van der Waals surface area contributed by atoms with Crippen molar-refractivity contribution in [1.29, 1.82) is 0 Å². The Hall–Kier alpha value is -1.51. The van der Waals surface area contributed by atoms with Crippen molar-refractivity contribution in [3.8, 4) is 5.75 Å². The Labute approximate surface area is 98.5 Å². The molecule has 3 heteroatoms. The highest BCUT2D eigenvalue weighted by atomic mass is 16.3. The van der Waals surface area contributed by atoms with Crippen LogP contribution in [0.3, 0.4) is 0 Å². The first kappa shape index (κ1) is 16.9. The van der Waals surface area contributed by atoms with Crippen molar-refractivity contribution in [2.75, 3.05) is 5.32 Å². The third kappa shape index (κ3) is 6.87. The summed E-state index contributed by atoms with van der Waals surface area (Å²) < 4.78 is 0. The largest absolute Gasteiger partial charge is 0.508 e. The van der Waals surface area contributed by atoms with Crippen LogP contribution < -0.4 is 5.32 Å². The van der Waals surface area contributed by atoms with Gasteiger partial charge >= 0.3 is 0 Å². The van der Waals surface area contributed by atoms with Crippen LogP contribution in [-0.4, -0.2) is 11.0 Å². The number of phenols is 1. The monoisotopic (exact) mass is 225 g/mol. The number of hydrogen-bond acceptors (Lipinski definition) is 2. The first-order valence-corrected chi connectivity index (χ1v) is 5.67. The summed E-state index contributed by atoms with van der Waals surface area (Å²) in [7, 11) is 0. The van der Waals surface area contributed by atoms with Crippen LogP contribution in [0.5, 0.6) is 5.75 Å². The molecule has 0 aliphatic rings. The minimum absolute atomic E-state index is 0.108. The number of phenolic OH excluding ortho intramolecular Hbond substituents is 1. The van der Waals surface area contributed by atoms with Gasteiger partial charge in [-0.15, -0.1) is 0 Å². The first-order chi connectivity index (χ1) is 7.59. The summed E-state index contributed by atoms with van der Waals surface area (Å²) in [4.78, 5) is 10.7. The molecule has 0 bridgehead atoms. The molecule has 0 spiro atoms. The van der Waals surface area contributed by atoms with E-state index in [1.165, 1.54) is 13.0 Å². The van der Waals surface area contributed by atoms with E-state index < -0.39 is 0 Å². The van der Waals surface area contributed by atoms with Gasteiger partial charge in [-0.05, 0) is 30.7 Å². The minimum Gasteiger partial charge on any atom is -0.508 e. The Bertz CT molecular complexity index is 309. The zero-order chi connectivity index (χ0) is 13.1. The topological polar surface area (TPSA) is 49.3 Å². The molecule has 0 aromatic heterocycles. The normalized spacial score (nSPS) is 7.88. The molecule has 1 rings (SSSR count). The maximum absolute atomic E-state index is 10.7. The van der Waals surface area contributed by atoms with Gasteiger partial charge in [0, 0.05) is 12.6 Å². The molecule has 16 heavy (non-hydrogen) atoms. The number of hydrogen-bond donors (Lipinski definition) is 2. The average Bonchev–Trinajstić information content (AvgIpc) is 2.28. The fourth-order valence-electron chi connectivity index (χ4n) is 0.978. The molecule has 1 amide bonds. The number of carbonyl (C=O) groups is 1. The lowest BCUT2D eigenvalue weighted by Gasteiger charge is -2.05. The fraction of sp³-hybridized carbons (Fsp3) is 0.462. The Morgan fingerprint density at radius 3 is 2.06 bits per heavy atom. The third-order valence-corrected chi connectivity index (χ3v) is 1.52. The molecule has 1 aromatic carbocycles. The smallest absolute Gasteiger partial charge is 0.221 e. The van der Waals surface area contributed by atoms with Crippen LogP contribution in [0.4, 0.5) is 5.69 Å². The third-order valence-electron chi connectivity index (χ3n) is 1.52. The molecule has 0 aliphatic carbocycles. The number of carbonyl (C=O) groups excluding carboxylic acids is 1. The second-order valence-corrected chi connectivity index (χ2v) is 2.68. The highest BCUT2D eigenvalue weighted by molar-refractivity contribution is 5.89. The lowest BCUT2D eigenvalue weighted by molar-refractivity contribution is -0.114. The molecule has 0 fully saturated rings. The quantitative estimate of drug-likeness (QED) is 0.716. The van der Waals surface area contributed by atoms with Gasteiger partial charge in [-0.25, -0.2) is 0 Å². The maximum atomic E-state index is 10.7. The first-order valence-electron chi connectivity index (χ1n) is 5.67. The van der Waals surface area contributed by atoms with Crippen molar-refractivity contribution in [2.24, 2.45) is 0 Å². The molecule has 0 aliphatic heterocycles. The number of rotatable bonds is 1. The Morgan fingerprint density at radius 2 is 1.69 bits per heavy atom. The molecule has 0 radical (unpaired) electrons. The molecule has 0 saturated heterocycles. The number of amides is 1. The Morgan fingerprint density at radius 1 is 1.19 bits per heavy atom. The molecule has 0 heterocycles. The van der Waals surface area contributed by atoms with Crippen molar-refractivity contribution in [1.82, 2.24) is 0 Å². The molecule has 1 aromatic rings. The summed E-state index contributed by atoms with van der Waals surface area (Å²) >= 11 is 0. The number of anilines is 1. The van der Waals surface area contributed by atoms with Crippen LogP contribution >= 0.6 is 0 Å². The van der Waals surface area contributed by atoms with E-state index in [1.807, 2.05) is 34.6 Å². The van der Waals surface area contributed by atoms with Crippen molar-refractivity contribution >= 4 is 11.6 Å². The lowest BCUT2D eigenvalue weighted by Crippen LogP contribution is -2.06. The van der Waals surface area contributed by atoms with Crippen LogP contribution in [0.15, 0.2) is 18.2 Å². The van der Waals surface area contributed by atoms with Crippen molar-refractivity contribution in [3.05, 3.63) is 23.8 Å². The van der Waals surface area contributed by atoms with Gasteiger partial charge in [-0.1, -0.05) is 27.7 Å². The van der Waals surface area contributed by atoms with E-state index >= 15 is 0 Å². The molecule has 3 nitrogen and oxygen atoms in total. The van der Waals surface area contributed by atoms with E-state index in [2.05, 4.69) is 5.32 Å². The van der Waals surface area contributed by atoms with Gasteiger partial charge in [0.2, 0.25) is 5.91 Å². The predicted octanol–water partition coefficient (Wildman–Crippen LogP) is 3.71. The second-order valence-electron chi connectivity index (χ2n) is 2.68. The minimum atomic E-state index is -0.108. The summed E-state index contributed by atoms with van der Waals surface area (Å²) in [5.41, 5.74) is 1.59. The molecule has 0 unspecified atom stereocenters. The van der Waals surface area contributed by atoms with E-state index in [0.29, 0.717) is 0 Å². The fourth-order valence-corrected chi connectivity index (χ4v) is 0.978. The summed E-state index contributed by atoms with van der Waals surface area (Å²) in [5, 5.41) is 11.7. The summed E-state index contributed by atoms with van der Waals surface area (Å²) in [6.07, 6.45) is 0.